The molecule has 0 saturated heterocycles. The van der Waals surface area contributed by atoms with E-state index < -0.39 is 0 Å². The van der Waals surface area contributed by atoms with E-state index in [1.807, 2.05) is 12.4 Å². The van der Waals surface area contributed by atoms with Crippen LogP contribution in [0.1, 0.15) is 12.1 Å². The molecule has 0 atom stereocenters. The van der Waals surface area contributed by atoms with E-state index in [1.165, 1.54) is 5.69 Å². The Morgan fingerprint density at radius 1 is 1.35 bits per heavy atom. The highest BCUT2D eigenvalue weighted by atomic mass is 32.2. The molecule has 23 heavy (non-hydrogen) atoms. The molecule has 120 valence electrons. The van der Waals surface area contributed by atoms with Crippen LogP contribution < -0.4 is 5.32 Å². The van der Waals surface area contributed by atoms with Crippen molar-refractivity contribution in [2.75, 3.05) is 12.3 Å². The van der Waals surface area contributed by atoms with Gasteiger partial charge in [0, 0.05) is 37.8 Å². The Morgan fingerprint density at radius 2 is 2.35 bits per heavy atom. The summed E-state index contributed by atoms with van der Waals surface area (Å²) in [7, 11) is 0. The van der Waals surface area contributed by atoms with Gasteiger partial charge in [-0.3, -0.25) is 4.68 Å². The summed E-state index contributed by atoms with van der Waals surface area (Å²) in [5.41, 5.74) is 2.17. The second-order valence-electron chi connectivity index (χ2n) is 5.38. The summed E-state index contributed by atoms with van der Waals surface area (Å²) in [6, 6.07) is 2.14. The largest absolute Gasteiger partial charge is 0.329 e. The van der Waals surface area contributed by atoms with Crippen LogP contribution in [0.3, 0.4) is 0 Å². The molecule has 8 nitrogen and oxygen atoms in total. The number of thioether (sulfide) groups is 1. The summed E-state index contributed by atoms with van der Waals surface area (Å²) >= 11 is 1.67. The minimum absolute atomic E-state index is 0.854. The lowest BCUT2D eigenvalue weighted by molar-refractivity contribution is 0.587. The predicted molar refractivity (Wildman–Crippen MR) is 86.9 cm³/mol. The number of nitrogens with zero attached hydrogens (tertiary/aromatic N) is 6. The second-order valence-corrected chi connectivity index (χ2v) is 6.49. The first-order valence-electron chi connectivity index (χ1n) is 7.68. The number of aryl methyl sites for hydroxylation is 2. The maximum atomic E-state index is 4.73. The highest BCUT2D eigenvalue weighted by molar-refractivity contribution is 7.99. The minimum Gasteiger partial charge on any atom is -0.329 e. The van der Waals surface area contributed by atoms with Gasteiger partial charge in [-0.25, -0.2) is 4.98 Å². The van der Waals surface area contributed by atoms with Crippen LogP contribution in [-0.2, 0) is 19.6 Å². The standard InChI is InChI=1S/C14H18N8S/c1-2-15-9-11-8-12(19-22(11)4-1)14-16-3-5-21(14)6-7-23-13-10-17-20-18-13/h3,5,8,10,15H,1-2,4,6-7,9H2,(H,17,18,20). The van der Waals surface area contributed by atoms with Gasteiger partial charge in [0.05, 0.1) is 11.9 Å². The van der Waals surface area contributed by atoms with Gasteiger partial charge in [0.1, 0.15) is 10.7 Å². The van der Waals surface area contributed by atoms with E-state index in [1.54, 1.807) is 18.0 Å². The molecule has 9 heteroatoms. The minimum atomic E-state index is 0.854. The average molecular weight is 330 g/mol. The Bertz CT molecular complexity index is 736. The number of nitrogens with one attached hydrogen (secondary N) is 2. The Labute approximate surface area is 137 Å². The molecule has 3 aromatic rings. The van der Waals surface area contributed by atoms with Gasteiger partial charge in [0.15, 0.2) is 5.82 Å². The van der Waals surface area contributed by atoms with Gasteiger partial charge >= 0.3 is 0 Å². The van der Waals surface area contributed by atoms with Crippen LogP contribution in [0, 0.1) is 0 Å². The number of hydrogen-bond acceptors (Lipinski definition) is 6. The predicted octanol–water partition coefficient (Wildman–Crippen LogP) is 1.15. The van der Waals surface area contributed by atoms with Gasteiger partial charge < -0.3 is 9.88 Å². The van der Waals surface area contributed by atoms with Crippen molar-refractivity contribution in [1.29, 1.82) is 0 Å². The van der Waals surface area contributed by atoms with Crippen molar-refractivity contribution in [2.24, 2.45) is 0 Å². The van der Waals surface area contributed by atoms with Crippen molar-refractivity contribution in [3.05, 3.63) is 30.4 Å². The number of aromatic amines is 1. The van der Waals surface area contributed by atoms with Gasteiger partial charge in [0.25, 0.3) is 0 Å². The van der Waals surface area contributed by atoms with Crippen LogP contribution in [-0.4, -0.2) is 47.0 Å². The first kappa shape index (κ1) is 14.5. The monoisotopic (exact) mass is 330 g/mol. The average Bonchev–Trinajstić information content (AvgIpc) is 3.27. The van der Waals surface area contributed by atoms with Crippen LogP contribution in [0.2, 0.25) is 0 Å². The van der Waals surface area contributed by atoms with Crippen molar-refractivity contribution >= 4 is 11.8 Å². The van der Waals surface area contributed by atoms with E-state index in [4.69, 9.17) is 5.10 Å². The van der Waals surface area contributed by atoms with Crippen LogP contribution in [0.15, 0.2) is 29.7 Å². The summed E-state index contributed by atoms with van der Waals surface area (Å²) in [6.07, 6.45) is 6.68. The molecule has 0 fully saturated rings. The van der Waals surface area contributed by atoms with Crippen LogP contribution in [0.25, 0.3) is 11.5 Å². The number of H-pyrrole nitrogens is 1. The fourth-order valence-electron chi connectivity index (χ4n) is 2.70. The molecule has 3 aromatic heterocycles. The van der Waals surface area contributed by atoms with Gasteiger partial charge in [-0.15, -0.1) is 16.9 Å². The SMILES string of the molecule is c1cn(CCSc2cn[nH]n2)c(-c2cc3n(n2)CCCNC3)n1. The van der Waals surface area contributed by atoms with E-state index in [2.05, 4.69) is 41.0 Å². The zero-order valence-corrected chi connectivity index (χ0v) is 13.5. The molecule has 0 radical (unpaired) electrons. The molecule has 0 unspecified atom stereocenters. The first-order chi connectivity index (χ1) is 11.4. The second kappa shape index (κ2) is 6.55. The van der Waals surface area contributed by atoms with Crippen molar-refractivity contribution in [3.63, 3.8) is 0 Å². The van der Waals surface area contributed by atoms with Crippen molar-refractivity contribution in [1.82, 2.24) is 40.1 Å². The van der Waals surface area contributed by atoms with Crippen LogP contribution in [0.4, 0.5) is 0 Å². The molecule has 4 rings (SSSR count). The van der Waals surface area contributed by atoms with Gasteiger partial charge in [-0.2, -0.15) is 15.4 Å². The molecular weight excluding hydrogens is 312 g/mol. The number of rotatable bonds is 5. The quantitative estimate of drug-likeness (QED) is 0.682. The lowest BCUT2D eigenvalue weighted by Crippen LogP contribution is -2.11. The highest BCUT2D eigenvalue weighted by Crippen LogP contribution is 2.20. The molecule has 0 aromatic carbocycles. The molecule has 0 saturated carbocycles. The molecule has 0 spiro atoms. The van der Waals surface area contributed by atoms with Crippen LogP contribution in [0.5, 0.6) is 0 Å². The molecule has 0 aliphatic carbocycles. The summed E-state index contributed by atoms with van der Waals surface area (Å²) in [6.45, 7) is 3.74. The van der Waals surface area contributed by atoms with Gasteiger partial charge in [-0.1, -0.05) is 0 Å². The smallest absolute Gasteiger partial charge is 0.160 e. The molecule has 4 heterocycles. The van der Waals surface area contributed by atoms with E-state index in [0.717, 1.165) is 54.9 Å². The number of imidazole rings is 1. The Kier molecular flexibility index (Phi) is 4.12. The zero-order chi connectivity index (χ0) is 15.5. The fourth-order valence-corrected chi connectivity index (χ4v) is 3.43. The Hall–Kier alpha value is -2.13. The molecule has 0 bridgehead atoms. The zero-order valence-electron chi connectivity index (χ0n) is 12.6. The third-order valence-corrected chi connectivity index (χ3v) is 4.69. The van der Waals surface area contributed by atoms with Crippen molar-refractivity contribution in [3.8, 4) is 11.5 Å². The molecule has 2 N–H and O–H groups in total. The molecule has 0 amide bonds. The maximum Gasteiger partial charge on any atom is 0.160 e. The van der Waals surface area contributed by atoms with Gasteiger partial charge in [-0.05, 0) is 19.0 Å². The Morgan fingerprint density at radius 3 is 3.26 bits per heavy atom. The summed E-state index contributed by atoms with van der Waals surface area (Å²) in [4.78, 5) is 4.49. The topological polar surface area (TPSA) is 89.2 Å². The maximum absolute atomic E-state index is 4.73. The normalized spacial score (nSPS) is 14.6. The summed E-state index contributed by atoms with van der Waals surface area (Å²) < 4.78 is 4.24. The van der Waals surface area contributed by atoms with Gasteiger partial charge in [0.2, 0.25) is 0 Å². The van der Waals surface area contributed by atoms with Crippen molar-refractivity contribution in [2.45, 2.75) is 31.1 Å². The molecule has 1 aliphatic heterocycles. The van der Waals surface area contributed by atoms with E-state index in [-0.39, 0.29) is 0 Å². The number of aromatic nitrogens is 7. The van der Waals surface area contributed by atoms with Crippen molar-refractivity contribution < 1.29 is 0 Å². The van der Waals surface area contributed by atoms with E-state index in [0.29, 0.717) is 0 Å². The number of hydrogen-bond donors (Lipinski definition) is 2. The molecule has 1 aliphatic rings. The first-order valence-corrected chi connectivity index (χ1v) is 8.66. The van der Waals surface area contributed by atoms with E-state index in [9.17, 15) is 0 Å². The third kappa shape index (κ3) is 3.15. The summed E-state index contributed by atoms with van der Waals surface area (Å²) in [5.74, 6) is 1.83. The lowest BCUT2D eigenvalue weighted by atomic mass is 10.3. The number of fused-ring (bicyclic) bond motifs is 1. The highest BCUT2D eigenvalue weighted by Gasteiger charge is 2.15. The molecular formula is C14H18N8S. The van der Waals surface area contributed by atoms with Crippen LogP contribution >= 0.6 is 11.8 Å². The Balaban J connectivity index is 1.48. The fraction of sp³-hybridized carbons (Fsp3) is 0.429. The third-order valence-electron chi connectivity index (χ3n) is 3.81. The summed E-state index contributed by atoms with van der Waals surface area (Å²) in [5, 5.41) is 19.5. The lowest BCUT2D eigenvalue weighted by Gasteiger charge is -2.05. The van der Waals surface area contributed by atoms with E-state index >= 15 is 0 Å².